The van der Waals surface area contributed by atoms with Crippen LogP contribution in [0.3, 0.4) is 0 Å². The van der Waals surface area contributed by atoms with Crippen LogP contribution in [0.5, 0.6) is 11.5 Å². The van der Waals surface area contributed by atoms with E-state index in [4.69, 9.17) is 9.47 Å². The first kappa shape index (κ1) is 19.4. The summed E-state index contributed by atoms with van der Waals surface area (Å²) in [5, 5.41) is 0.0502. The largest absolute Gasteiger partial charge is 0.493 e. The molecule has 2 aromatic rings. The third-order valence-corrected chi connectivity index (χ3v) is 4.92. The van der Waals surface area contributed by atoms with Gasteiger partial charge in [0, 0.05) is 17.4 Å². The van der Waals surface area contributed by atoms with Crippen molar-refractivity contribution in [1.29, 1.82) is 0 Å². The fourth-order valence-electron chi connectivity index (χ4n) is 2.76. The van der Waals surface area contributed by atoms with E-state index in [9.17, 15) is 4.79 Å². The van der Waals surface area contributed by atoms with Crippen LogP contribution in [0.2, 0.25) is 0 Å². The van der Waals surface area contributed by atoms with Crippen molar-refractivity contribution >= 4 is 16.9 Å². The molecule has 0 radical (unpaired) electrons. The Morgan fingerprint density at radius 1 is 1.04 bits per heavy atom. The number of carbonyl (C=O) groups excluding carboxylic acids is 1. The predicted molar refractivity (Wildman–Crippen MR) is 104 cm³/mol. The second-order valence-electron chi connectivity index (χ2n) is 5.95. The van der Waals surface area contributed by atoms with Crippen molar-refractivity contribution in [2.75, 3.05) is 6.61 Å². The lowest BCUT2D eigenvalue weighted by Crippen LogP contribution is -2.04. The first-order valence-corrected chi connectivity index (χ1v) is 9.43. The van der Waals surface area contributed by atoms with E-state index in [1.165, 1.54) is 22.9 Å². The molecule has 0 aliphatic carbocycles. The zero-order chi connectivity index (χ0) is 18.4. The molecule has 0 atom stereocenters. The minimum atomic E-state index is 0.0502. The molecule has 0 spiro atoms. The van der Waals surface area contributed by atoms with E-state index >= 15 is 0 Å². The van der Waals surface area contributed by atoms with Gasteiger partial charge in [-0.05, 0) is 62.1 Å². The van der Waals surface area contributed by atoms with Gasteiger partial charge in [0.05, 0.1) is 6.61 Å². The Labute approximate surface area is 154 Å². The van der Waals surface area contributed by atoms with Crippen LogP contribution in [0.25, 0.3) is 0 Å². The molecule has 0 aliphatic rings. The van der Waals surface area contributed by atoms with Crippen molar-refractivity contribution in [3.05, 3.63) is 52.6 Å². The maximum Gasteiger partial charge on any atom is 0.190 e. The number of ether oxygens (including phenoxy) is 2. The number of rotatable bonds is 7. The summed E-state index contributed by atoms with van der Waals surface area (Å²) in [7, 11) is 0. The molecule has 25 heavy (non-hydrogen) atoms. The summed E-state index contributed by atoms with van der Waals surface area (Å²) in [5.41, 5.74) is 4.62. The highest BCUT2D eigenvalue weighted by Gasteiger charge is 2.14. The zero-order valence-corrected chi connectivity index (χ0v) is 16.5. The van der Waals surface area contributed by atoms with Crippen molar-refractivity contribution < 1.29 is 14.3 Å². The zero-order valence-electron chi connectivity index (χ0n) is 15.6. The highest BCUT2D eigenvalue weighted by Crippen LogP contribution is 2.33. The molecular weight excluding hydrogens is 332 g/mol. The molecule has 2 rings (SSSR count). The molecule has 0 saturated heterocycles. The highest BCUT2D eigenvalue weighted by molar-refractivity contribution is 8.13. The standard InChI is InChI=1S/C21H26O3S/c1-6-17-11-15(4)20(12-14(17)3)24-13-18-19(23-7-2)9-8-10-21(18)25-16(5)22/h8-12H,6-7,13H2,1-5H3. The van der Waals surface area contributed by atoms with Crippen molar-refractivity contribution in [3.63, 3.8) is 0 Å². The second kappa shape index (κ2) is 8.95. The minimum absolute atomic E-state index is 0.0502. The molecule has 134 valence electrons. The molecule has 0 N–H and O–H groups in total. The summed E-state index contributed by atoms with van der Waals surface area (Å²) < 4.78 is 11.8. The van der Waals surface area contributed by atoms with Gasteiger partial charge in [0.1, 0.15) is 18.1 Å². The van der Waals surface area contributed by atoms with Gasteiger partial charge in [0.25, 0.3) is 0 Å². The van der Waals surface area contributed by atoms with Crippen LogP contribution >= 0.6 is 11.8 Å². The number of hydrogen-bond acceptors (Lipinski definition) is 4. The number of carbonyl (C=O) groups is 1. The van der Waals surface area contributed by atoms with E-state index < -0.39 is 0 Å². The lowest BCUT2D eigenvalue weighted by molar-refractivity contribution is -0.109. The predicted octanol–water partition coefficient (Wildman–Crippen LogP) is 5.48. The van der Waals surface area contributed by atoms with E-state index in [2.05, 4.69) is 32.9 Å². The van der Waals surface area contributed by atoms with Crippen LogP contribution in [-0.2, 0) is 17.8 Å². The van der Waals surface area contributed by atoms with E-state index in [1.807, 2.05) is 25.1 Å². The van der Waals surface area contributed by atoms with Gasteiger partial charge < -0.3 is 9.47 Å². The quantitative estimate of drug-likeness (QED) is 0.614. The summed E-state index contributed by atoms with van der Waals surface area (Å²) in [6.07, 6.45) is 1.01. The minimum Gasteiger partial charge on any atom is -0.493 e. The summed E-state index contributed by atoms with van der Waals surface area (Å²) in [6.45, 7) is 10.8. The van der Waals surface area contributed by atoms with Gasteiger partial charge in [-0.1, -0.05) is 30.8 Å². The first-order valence-electron chi connectivity index (χ1n) is 8.62. The van der Waals surface area contributed by atoms with Crippen LogP contribution in [-0.4, -0.2) is 11.7 Å². The molecule has 0 unspecified atom stereocenters. The van der Waals surface area contributed by atoms with Crippen LogP contribution in [0.15, 0.2) is 35.2 Å². The third kappa shape index (κ3) is 5.02. The Morgan fingerprint density at radius 3 is 2.44 bits per heavy atom. The Balaban J connectivity index is 2.30. The Bertz CT molecular complexity index is 753. The fraction of sp³-hybridized carbons (Fsp3) is 0.381. The van der Waals surface area contributed by atoms with Crippen molar-refractivity contribution in [2.45, 2.75) is 52.5 Å². The number of hydrogen-bond donors (Lipinski definition) is 0. The highest BCUT2D eigenvalue weighted by atomic mass is 32.2. The van der Waals surface area contributed by atoms with Gasteiger partial charge in [-0.25, -0.2) is 0 Å². The van der Waals surface area contributed by atoms with E-state index in [-0.39, 0.29) is 5.12 Å². The first-order chi connectivity index (χ1) is 12.0. The van der Waals surface area contributed by atoms with Crippen molar-refractivity contribution in [3.8, 4) is 11.5 Å². The van der Waals surface area contributed by atoms with Gasteiger partial charge in [-0.3, -0.25) is 4.79 Å². The van der Waals surface area contributed by atoms with Gasteiger partial charge in [0.2, 0.25) is 0 Å². The molecule has 0 aromatic heterocycles. The van der Waals surface area contributed by atoms with Gasteiger partial charge in [-0.2, -0.15) is 0 Å². The second-order valence-corrected chi connectivity index (χ2v) is 7.16. The average Bonchev–Trinajstić information content (AvgIpc) is 2.56. The topological polar surface area (TPSA) is 35.5 Å². The lowest BCUT2D eigenvalue weighted by Gasteiger charge is -2.17. The smallest absolute Gasteiger partial charge is 0.190 e. The lowest BCUT2D eigenvalue weighted by atomic mass is 10.0. The SMILES string of the molecule is CCOc1cccc(SC(C)=O)c1COc1cc(C)c(CC)cc1C. The molecule has 0 aliphatic heterocycles. The molecule has 0 amide bonds. The Kier molecular flexibility index (Phi) is 6.94. The molecular formula is C21H26O3S. The fourth-order valence-corrected chi connectivity index (χ4v) is 3.50. The normalized spacial score (nSPS) is 10.6. The molecule has 0 fully saturated rings. The number of thioether (sulfide) groups is 1. The van der Waals surface area contributed by atoms with Crippen LogP contribution in [0, 0.1) is 13.8 Å². The van der Waals surface area contributed by atoms with Crippen LogP contribution < -0.4 is 9.47 Å². The Morgan fingerprint density at radius 2 is 1.80 bits per heavy atom. The van der Waals surface area contributed by atoms with Crippen molar-refractivity contribution in [1.82, 2.24) is 0 Å². The molecule has 2 aromatic carbocycles. The maximum absolute atomic E-state index is 11.6. The molecule has 0 heterocycles. The number of aryl methyl sites for hydroxylation is 3. The third-order valence-electron chi connectivity index (χ3n) is 4.03. The summed E-state index contributed by atoms with van der Waals surface area (Å²) in [5.74, 6) is 1.65. The van der Waals surface area contributed by atoms with E-state index in [1.54, 1.807) is 6.92 Å². The van der Waals surface area contributed by atoms with E-state index in [0.717, 1.165) is 33.9 Å². The van der Waals surface area contributed by atoms with Gasteiger partial charge >= 0.3 is 0 Å². The molecule has 3 nitrogen and oxygen atoms in total. The molecule has 0 bridgehead atoms. The summed E-state index contributed by atoms with van der Waals surface area (Å²) >= 11 is 1.21. The monoisotopic (exact) mass is 358 g/mol. The van der Waals surface area contributed by atoms with Crippen LogP contribution in [0.1, 0.15) is 43.0 Å². The maximum atomic E-state index is 11.6. The summed E-state index contributed by atoms with van der Waals surface area (Å²) in [4.78, 5) is 12.4. The molecule has 4 heteroatoms. The average molecular weight is 359 g/mol. The van der Waals surface area contributed by atoms with Gasteiger partial charge in [0.15, 0.2) is 5.12 Å². The number of benzene rings is 2. The van der Waals surface area contributed by atoms with Gasteiger partial charge in [-0.15, -0.1) is 0 Å². The van der Waals surface area contributed by atoms with Crippen molar-refractivity contribution in [2.24, 2.45) is 0 Å². The molecule has 0 saturated carbocycles. The Hall–Kier alpha value is -1.94. The van der Waals surface area contributed by atoms with E-state index in [0.29, 0.717) is 13.2 Å². The van der Waals surface area contributed by atoms with Crippen LogP contribution in [0.4, 0.5) is 0 Å². The summed E-state index contributed by atoms with van der Waals surface area (Å²) in [6, 6.07) is 10.0.